The zero-order chi connectivity index (χ0) is 18.2. The zero-order valence-electron chi connectivity index (χ0n) is 14.3. The van der Waals surface area contributed by atoms with Gasteiger partial charge in [-0.2, -0.15) is 5.10 Å². The number of rotatable bonds is 7. The van der Waals surface area contributed by atoms with Crippen LogP contribution in [0.2, 0.25) is 0 Å². The van der Waals surface area contributed by atoms with Crippen molar-refractivity contribution in [1.82, 2.24) is 9.97 Å². The molecular formula is C19H19N5OS. The summed E-state index contributed by atoms with van der Waals surface area (Å²) in [4.78, 5) is 20.1. The second-order valence-electron chi connectivity index (χ2n) is 5.56. The van der Waals surface area contributed by atoms with E-state index in [1.165, 1.54) is 11.3 Å². The Labute approximate surface area is 156 Å². The van der Waals surface area contributed by atoms with Crippen LogP contribution in [0.4, 0.5) is 10.8 Å². The lowest BCUT2D eigenvalue weighted by Crippen LogP contribution is -2.10. The van der Waals surface area contributed by atoms with Gasteiger partial charge in [-0.3, -0.25) is 15.2 Å². The van der Waals surface area contributed by atoms with E-state index < -0.39 is 0 Å². The van der Waals surface area contributed by atoms with Gasteiger partial charge in [-0.05, 0) is 36.2 Å². The van der Waals surface area contributed by atoms with E-state index >= 15 is 0 Å². The smallest absolute Gasteiger partial charge is 0.224 e. The number of hydrogen-bond donors (Lipinski definition) is 2. The fourth-order valence-corrected chi connectivity index (χ4v) is 2.91. The van der Waals surface area contributed by atoms with Gasteiger partial charge in [0.15, 0.2) is 0 Å². The molecule has 0 aliphatic carbocycles. The van der Waals surface area contributed by atoms with Crippen LogP contribution < -0.4 is 10.7 Å². The number of aromatic nitrogens is 2. The number of carbonyl (C=O) groups is 1. The lowest BCUT2D eigenvalue weighted by Gasteiger charge is -2.04. The first-order valence-corrected chi connectivity index (χ1v) is 9.17. The largest absolute Gasteiger partial charge is 0.326 e. The fraction of sp³-hybridized carbons (Fsp3) is 0.158. The van der Waals surface area contributed by atoms with E-state index in [0.29, 0.717) is 11.6 Å². The van der Waals surface area contributed by atoms with E-state index in [-0.39, 0.29) is 5.91 Å². The summed E-state index contributed by atoms with van der Waals surface area (Å²) in [5.41, 5.74) is 6.54. The number of nitrogens with zero attached hydrogens (tertiary/aromatic N) is 3. The second-order valence-corrected chi connectivity index (χ2v) is 6.42. The molecule has 0 spiro atoms. The van der Waals surface area contributed by atoms with Crippen molar-refractivity contribution in [3.05, 3.63) is 59.7 Å². The predicted octanol–water partition coefficient (Wildman–Crippen LogP) is 4.39. The Hall–Kier alpha value is -3.06. The molecule has 0 atom stereocenters. The number of amides is 1. The molecule has 0 bridgehead atoms. The minimum absolute atomic E-state index is 0.0347. The van der Waals surface area contributed by atoms with Crippen LogP contribution in [0.15, 0.2) is 59.3 Å². The number of thiazole rings is 1. The van der Waals surface area contributed by atoms with Crippen molar-refractivity contribution in [2.45, 2.75) is 19.8 Å². The number of anilines is 2. The average molecular weight is 365 g/mol. The Morgan fingerprint density at radius 1 is 1.19 bits per heavy atom. The SMILES string of the molecule is CCCC(=O)Nc1ccc(-c2csc(N/N=C\c3ccncc3)n2)cc1. The van der Waals surface area contributed by atoms with Crippen LogP contribution in [0.5, 0.6) is 0 Å². The topological polar surface area (TPSA) is 79.3 Å². The minimum Gasteiger partial charge on any atom is -0.326 e. The Morgan fingerprint density at radius 2 is 1.96 bits per heavy atom. The predicted molar refractivity (Wildman–Crippen MR) is 107 cm³/mol. The average Bonchev–Trinajstić information content (AvgIpc) is 3.12. The van der Waals surface area contributed by atoms with Gasteiger partial charge in [-0.25, -0.2) is 4.98 Å². The maximum absolute atomic E-state index is 11.6. The molecule has 0 aliphatic heterocycles. The zero-order valence-corrected chi connectivity index (χ0v) is 15.2. The van der Waals surface area contributed by atoms with Gasteiger partial charge in [-0.15, -0.1) is 11.3 Å². The second kappa shape index (κ2) is 8.87. The molecule has 2 heterocycles. The molecule has 2 aromatic heterocycles. The molecule has 0 saturated heterocycles. The number of pyridine rings is 1. The Bertz CT molecular complexity index is 874. The van der Waals surface area contributed by atoms with Gasteiger partial charge in [0.1, 0.15) is 0 Å². The molecule has 2 N–H and O–H groups in total. The molecule has 3 aromatic rings. The lowest BCUT2D eigenvalue weighted by atomic mass is 10.1. The highest BCUT2D eigenvalue weighted by molar-refractivity contribution is 7.14. The van der Waals surface area contributed by atoms with E-state index in [1.54, 1.807) is 18.6 Å². The van der Waals surface area contributed by atoms with Crippen LogP contribution in [-0.4, -0.2) is 22.1 Å². The van der Waals surface area contributed by atoms with Crippen LogP contribution in [0.25, 0.3) is 11.3 Å². The molecular weight excluding hydrogens is 346 g/mol. The van der Waals surface area contributed by atoms with E-state index in [4.69, 9.17) is 0 Å². The highest BCUT2D eigenvalue weighted by Crippen LogP contribution is 2.26. The van der Waals surface area contributed by atoms with Crippen LogP contribution in [0, 0.1) is 0 Å². The first-order chi connectivity index (χ1) is 12.7. The van der Waals surface area contributed by atoms with Gasteiger partial charge < -0.3 is 5.32 Å². The third-order valence-corrected chi connectivity index (χ3v) is 4.27. The number of hydrazone groups is 1. The van der Waals surface area contributed by atoms with E-state index in [1.807, 2.05) is 48.7 Å². The van der Waals surface area contributed by atoms with Crippen molar-refractivity contribution < 1.29 is 4.79 Å². The Kier molecular flexibility index (Phi) is 6.05. The molecule has 7 heteroatoms. The monoisotopic (exact) mass is 365 g/mol. The van der Waals surface area contributed by atoms with Crippen LogP contribution in [0.3, 0.4) is 0 Å². The summed E-state index contributed by atoms with van der Waals surface area (Å²) in [5, 5.41) is 9.74. The quantitative estimate of drug-likeness (QED) is 0.481. The molecule has 0 unspecified atom stereocenters. The van der Waals surface area contributed by atoms with Crippen molar-refractivity contribution in [1.29, 1.82) is 0 Å². The highest BCUT2D eigenvalue weighted by Gasteiger charge is 2.05. The molecule has 6 nitrogen and oxygen atoms in total. The molecule has 0 saturated carbocycles. The summed E-state index contributed by atoms with van der Waals surface area (Å²) >= 11 is 1.48. The summed E-state index contributed by atoms with van der Waals surface area (Å²) in [6, 6.07) is 11.4. The van der Waals surface area contributed by atoms with Crippen molar-refractivity contribution in [3.63, 3.8) is 0 Å². The first-order valence-electron chi connectivity index (χ1n) is 8.29. The van der Waals surface area contributed by atoms with Crippen molar-refractivity contribution in [2.75, 3.05) is 10.7 Å². The fourth-order valence-electron chi connectivity index (χ4n) is 2.24. The number of nitrogens with one attached hydrogen (secondary N) is 2. The van der Waals surface area contributed by atoms with Gasteiger partial charge in [0.05, 0.1) is 11.9 Å². The molecule has 0 aliphatic rings. The number of benzene rings is 1. The Balaban J connectivity index is 1.60. The molecule has 3 rings (SSSR count). The standard InChI is InChI=1S/C19H19N5OS/c1-2-3-18(25)22-16-6-4-15(5-7-16)17-13-26-19(23-17)24-21-12-14-8-10-20-11-9-14/h4-13H,2-3H2,1H3,(H,22,25)(H,23,24)/b21-12-. The summed E-state index contributed by atoms with van der Waals surface area (Å²) < 4.78 is 0. The molecule has 0 fully saturated rings. The minimum atomic E-state index is 0.0347. The van der Waals surface area contributed by atoms with Gasteiger partial charge in [0.25, 0.3) is 0 Å². The molecule has 26 heavy (non-hydrogen) atoms. The summed E-state index contributed by atoms with van der Waals surface area (Å²) in [6.45, 7) is 1.98. The van der Waals surface area contributed by atoms with E-state index in [0.717, 1.165) is 28.9 Å². The molecule has 0 radical (unpaired) electrons. The summed E-state index contributed by atoms with van der Waals surface area (Å²) in [7, 11) is 0. The molecule has 1 aromatic carbocycles. The van der Waals surface area contributed by atoms with Crippen LogP contribution in [0.1, 0.15) is 25.3 Å². The lowest BCUT2D eigenvalue weighted by molar-refractivity contribution is -0.116. The maximum atomic E-state index is 11.6. The van der Waals surface area contributed by atoms with Crippen LogP contribution in [-0.2, 0) is 4.79 Å². The van der Waals surface area contributed by atoms with Crippen molar-refractivity contribution in [2.24, 2.45) is 5.10 Å². The third kappa shape index (κ3) is 4.97. The normalized spacial score (nSPS) is 10.8. The summed E-state index contributed by atoms with van der Waals surface area (Å²) in [6.07, 6.45) is 6.52. The number of carbonyl (C=O) groups excluding carboxylic acids is 1. The van der Waals surface area contributed by atoms with Crippen molar-refractivity contribution >= 4 is 34.3 Å². The highest BCUT2D eigenvalue weighted by atomic mass is 32.1. The van der Waals surface area contributed by atoms with Gasteiger partial charge >= 0.3 is 0 Å². The summed E-state index contributed by atoms with van der Waals surface area (Å²) in [5.74, 6) is 0.0347. The molecule has 1 amide bonds. The number of hydrogen-bond acceptors (Lipinski definition) is 6. The van der Waals surface area contributed by atoms with E-state index in [9.17, 15) is 4.79 Å². The Morgan fingerprint density at radius 3 is 2.69 bits per heavy atom. The maximum Gasteiger partial charge on any atom is 0.224 e. The van der Waals surface area contributed by atoms with Gasteiger partial charge in [-0.1, -0.05) is 19.1 Å². The van der Waals surface area contributed by atoms with Gasteiger partial charge in [0, 0.05) is 35.4 Å². The van der Waals surface area contributed by atoms with Crippen molar-refractivity contribution in [3.8, 4) is 11.3 Å². The molecule has 132 valence electrons. The van der Waals surface area contributed by atoms with Crippen LogP contribution >= 0.6 is 11.3 Å². The first kappa shape index (κ1) is 17.8. The van der Waals surface area contributed by atoms with Gasteiger partial charge in [0.2, 0.25) is 11.0 Å². The van der Waals surface area contributed by atoms with E-state index in [2.05, 4.69) is 25.8 Å². The third-order valence-electron chi connectivity index (χ3n) is 3.53.